The molecule has 0 unspecified atom stereocenters. The van der Waals surface area contributed by atoms with Gasteiger partial charge in [-0.3, -0.25) is 9.36 Å². The zero-order valence-electron chi connectivity index (χ0n) is 19.9. The van der Waals surface area contributed by atoms with Crippen molar-refractivity contribution in [1.82, 2.24) is 29.7 Å². The van der Waals surface area contributed by atoms with E-state index in [2.05, 4.69) is 20.2 Å². The summed E-state index contributed by atoms with van der Waals surface area (Å²) in [6.07, 6.45) is 6.83. The molecular formula is C24H33N7O2. The third kappa shape index (κ3) is 7.57. The fourth-order valence-corrected chi connectivity index (χ4v) is 3.41. The number of benzene rings is 1. The first-order valence-electron chi connectivity index (χ1n) is 11.1. The molecule has 0 atom stereocenters. The van der Waals surface area contributed by atoms with Gasteiger partial charge in [0, 0.05) is 37.2 Å². The van der Waals surface area contributed by atoms with Crippen LogP contribution in [0.25, 0.3) is 5.95 Å². The zero-order valence-corrected chi connectivity index (χ0v) is 19.9. The van der Waals surface area contributed by atoms with E-state index in [1.807, 2.05) is 56.3 Å². The van der Waals surface area contributed by atoms with E-state index in [4.69, 9.17) is 9.72 Å². The maximum Gasteiger partial charge on any atom is 0.239 e. The summed E-state index contributed by atoms with van der Waals surface area (Å²) in [5.41, 5.74) is 1.98. The average Bonchev–Trinajstić information content (AvgIpc) is 3.33. The van der Waals surface area contributed by atoms with E-state index in [1.54, 1.807) is 30.4 Å². The van der Waals surface area contributed by atoms with Crippen LogP contribution in [-0.2, 0) is 11.2 Å². The van der Waals surface area contributed by atoms with Gasteiger partial charge in [0.2, 0.25) is 11.9 Å². The first kappa shape index (κ1) is 24.2. The summed E-state index contributed by atoms with van der Waals surface area (Å²) in [5.74, 6) is 2.07. The summed E-state index contributed by atoms with van der Waals surface area (Å²) in [6.45, 7) is 4.37. The Morgan fingerprint density at radius 2 is 1.94 bits per heavy atom. The highest BCUT2D eigenvalue weighted by Crippen LogP contribution is 2.15. The lowest BCUT2D eigenvalue weighted by Crippen LogP contribution is -2.39. The Balaban J connectivity index is 1.65. The molecule has 1 N–H and O–H groups in total. The van der Waals surface area contributed by atoms with Crippen LogP contribution < -0.4 is 15.0 Å². The van der Waals surface area contributed by atoms with Crippen molar-refractivity contribution in [3.63, 3.8) is 0 Å². The van der Waals surface area contributed by atoms with Crippen molar-refractivity contribution in [3.8, 4) is 11.7 Å². The van der Waals surface area contributed by atoms with Crippen molar-refractivity contribution in [1.29, 1.82) is 0 Å². The van der Waals surface area contributed by atoms with E-state index < -0.39 is 0 Å². The van der Waals surface area contributed by atoms with Crippen LogP contribution in [0.3, 0.4) is 0 Å². The van der Waals surface area contributed by atoms with Crippen molar-refractivity contribution in [3.05, 3.63) is 60.3 Å². The maximum atomic E-state index is 12.8. The number of amides is 1. The number of anilines is 1. The molecular weight excluding hydrogens is 418 g/mol. The van der Waals surface area contributed by atoms with Crippen molar-refractivity contribution >= 4 is 11.7 Å². The molecule has 1 amide bonds. The van der Waals surface area contributed by atoms with Crippen LogP contribution in [0.2, 0.25) is 0 Å². The fraction of sp³-hybridized carbons (Fsp3) is 0.417. The molecule has 9 heteroatoms. The Kier molecular flexibility index (Phi) is 8.77. The Bertz CT molecular complexity index is 1000. The number of hydrogen-bond acceptors (Lipinski definition) is 7. The second-order valence-electron chi connectivity index (χ2n) is 8.16. The number of carbonyl (C=O) groups is 1. The van der Waals surface area contributed by atoms with Crippen molar-refractivity contribution in [2.75, 3.05) is 52.3 Å². The minimum atomic E-state index is -0.0335. The van der Waals surface area contributed by atoms with Crippen molar-refractivity contribution in [2.45, 2.75) is 19.8 Å². The molecule has 0 bridgehead atoms. The highest BCUT2D eigenvalue weighted by atomic mass is 16.5. The largest absolute Gasteiger partial charge is 0.497 e. The van der Waals surface area contributed by atoms with Crippen LogP contribution >= 0.6 is 0 Å². The fourth-order valence-electron chi connectivity index (χ4n) is 3.41. The van der Waals surface area contributed by atoms with Crippen molar-refractivity contribution in [2.24, 2.45) is 0 Å². The minimum absolute atomic E-state index is 0.0335. The maximum absolute atomic E-state index is 12.8. The molecule has 2 heterocycles. The molecule has 0 fully saturated rings. The van der Waals surface area contributed by atoms with E-state index in [9.17, 15) is 4.79 Å². The summed E-state index contributed by atoms with van der Waals surface area (Å²) >= 11 is 0. The molecule has 33 heavy (non-hydrogen) atoms. The van der Waals surface area contributed by atoms with E-state index in [-0.39, 0.29) is 12.5 Å². The van der Waals surface area contributed by atoms with Crippen LogP contribution in [-0.4, -0.2) is 77.7 Å². The van der Waals surface area contributed by atoms with E-state index in [1.165, 1.54) is 0 Å². The molecule has 2 aromatic heterocycles. The Labute approximate surface area is 195 Å². The Morgan fingerprint density at radius 3 is 2.61 bits per heavy atom. The number of aryl methyl sites for hydroxylation is 1. The number of rotatable bonds is 12. The number of methoxy groups -OCH3 is 1. The molecule has 1 aromatic carbocycles. The summed E-state index contributed by atoms with van der Waals surface area (Å²) in [6, 6.07) is 9.80. The van der Waals surface area contributed by atoms with Gasteiger partial charge in [-0.2, -0.15) is 4.98 Å². The summed E-state index contributed by atoms with van der Waals surface area (Å²) in [7, 11) is 5.74. The second-order valence-corrected chi connectivity index (χ2v) is 8.16. The molecule has 0 radical (unpaired) electrons. The number of aromatic nitrogens is 4. The van der Waals surface area contributed by atoms with Crippen molar-refractivity contribution < 1.29 is 9.53 Å². The number of ether oxygens (including phenoxy) is 1. The summed E-state index contributed by atoms with van der Waals surface area (Å²) in [4.78, 5) is 30.2. The summed E-state index contributed by atoms with van der Waals surface area (Å²) < 4.78 is 6.96. The Hall–Kier alpha value is -3.46. The predicted molar refractivity (Wildman–Crippen MR) is 129 cm³/mol. The predicted octanol–water partition coefficient (Wildman–Crippen LogP) is 2.10. The third-order valence-corrected chi connectivity index (χ3v) is 5.15. The molecule has 3 aromatic rings. The quantitative estimate of drug-likeness (QED) is 0.451. The van der Waals surface area contributed by atoms with E-state index in [0.717, 1.165) is 42.2 Å². The van der Waals surface area contributed by atoms with Gasteiger partial charge in [0.05, 0.1) is 13.7 Å². The van der Waals surface area contributed by atoms with E-state index >= 15 is 0 Å². The van der Waals surface area contributed by atoms with Gasteiger partial charge in [-0.25, -0.2) is 9.97 Å². The van der Waals surface area contributed by atoms with Crippen LogP contribution in [0.5, 0.6) is 5.75 Å². The first-order chi connectivity index (χ1) is 15.9. The standard InChI is InChI=1S/C24H33N7O2/c1-19-16-22(28-24(27-19)31-15-12-25-18-31)30(14-5-13-29(2)3)17-23(32)26-11-10-20-6-8-21(33-4)9-7-20/h6-9,12,15-16,18H,5,10-11,13-14,17H2,1-4H3,(H,26,32). The number of carbonyl (C=O) groups excluding carboxylic acids is 1. The SMILES string of the molecule is COc1ccc(CCNC(=O)CN(CCCN(C)C)c2cc(C)nc(-n3ccnc3)n2)cc1. The Morgan fingerprint density at radius 1 is 1.15 bits per heavy atom. The molecule has 0 aliphatic rings. The average molecular weight is 452 g/mol. The first-order valence-corrected chi connectivity index (χ1v) is 11.1. The van der Waals surface area contributed by atoms with Crippen LogP contribution in [0.4, 0.5) is 5.82 Å². The van der Waals surface area contributed by atoms with E-state index in [0.29, 0.717) is 19.0 Å². The van der Waals surface area contributed by atoms with Gasteiger partial charge in [0.1, 0.15) is 17.9 Å². The van der Waals surface area contributed by atoms with Crippen LogP contribution in [0, 0.1) is 6.92 Å². The summed E-state index contributed by atoms with van der Waals surface area (Å²) in [5, 5.41) is 3.04. The van der Waals surface area contributed by atoms with Crippen LogP contribution in [0.15, 0.2) is 49.1 Å². The molecule has 9 nitrogen and oxygen atoms in total. The van der Waals surface area contributed by atoms with Gasteiger partial charge in [0.15, 0.2) is 0 Å². The lowest BCUT2D eigenvalue weighted by Gasteiger charge is -2.24. The smallest absolute Gasteiger partial charge is 0.239 e. The normalized spacial score (nSPS) is 10.9. The molecule has 176 valence electrons. The number of hydrogen-bond donors (Lipinski definition) is 1. The van der Waals surface area contributed by atoms with Gasteiger partial charge < -0.3 is 19.9 Å². The van der Waals surface area contributed by atoms with Gasteiger partial charge in [-0.15, -0.1) is 0 Å². The lowest BCUT2D eigenvalue weighted by molar-refractivity contribution is -0.119. The molecule has 0 spiro atoms. The molecule has 0 aliphatic carbocycles. The molecule has 0 saturated heterocycles. The topological polar surface area (TPSA) is 88.4 Å². The van der Waals surface area contributed by atoms with Gasteiger partial charge in [-0.05, 0) is 58.1 Å². The van der Waals surface area contributed by atoms with Crippen LogP contribution in [0.1, 0.15) is 17.7 Å². The lowest BCUT2D eigenvalue weighted by atomic mass is 10.1. The monoisotopic (exact) mass is 451 g/mol. The van der Waals surface area contributed by atoms with Gasteiger partial charge >= 0.3 is 0 Å². The highest BCUT2D eigenvalue weighted by Gasteiger charge is 2.15. The van der Waals surface area contributed by atoms with Gasteiger partial charge in [-0.1, -0.05) is 12.1 Å². The molecule has 0 saturated carbocycles. The number of imidazole rings is 1. The minimum Gasteiger partial charge on any atom is -0.497 e. The zero-order chi connectivity index (χ0) is 23.6. The number of nitrogens with zero attached hydrogens (tertiary/aromatic N) is 6. The molecule has 3 rings (SSSR count). The van der Waals surface area contributed by atoms with Gasteiger partial charge in [0.25, 0.3) is 0 Å². The second kappa shape index (κ2) is 12.0. The number of nitrogens with one attached hydrogen (secondary N) is 1. The molecule has 0 aliphatic heterocycles. The highest BCUT2D eigenvalue weighted by molar-refractivity contribution is 5.81. The third-order valence-electron chi connectivity index (χ3n) is 5.15.